The fourth-order valence-corrected chi connectivity index (χ4v) is 1.90. The maximum atomic E-state index is 13.0. The largest absolute Gasteiger partial charge is 0.382 e. The van der Waals surface area contributed by atoms with Gasteiger partial charge in [0.2, 0.25) is 0 Å². The minimum absolute atomic E-state index is 0.287. The first kappa shape index (κ1) is 15.0. The number of rotatable bonds is 5. The van der Waals surface area contributed by atoms with E-state index < -0.39 is 11.2 Å². The van der Waals surface area contributed by atoms with Gasteiger partial charge in [0.25, 0.3) is 5.56 Å². The second kappa shape index (κ2) is 6.36. The molecule has 7 heteroatoms. The van der Waals surface area contributed by atoms with E-state index >= 15 is 0 Å². The Hall–Kier alpha value is -2.41. The second-order valence-corrected chi connectivity index (χ2v) is 4.59. The molecule has 21 heavy (non-hydrogen) atoms. The minimum Gasteiger partial charge on any atom is -0.382 e. The van der Waals surface area contributed by atoms with Crippen LogP contribution in [0.1, 0.15) is 11.6 Å². The Kier molecular flexibility index (Phi) is 4.54. The van der Waals surface area contributed by atoms with E-state index in [9.17, 15) is 14.0 Å². The van der Waals surface area contributed by atoms with Crippen LogP contribution in [0.25, 0.3) is 0 Å². The van der Waals surface area contributed by atoms with E-state index in [-0.39, 0.29) is 17.7 Å². The van der Waals surface area contributed by atoms with Crippen LogP contribution in [0.15, 0.2) is 39.9 Å². The average molecular weight is 293 g/mol. The van der Waals surface area contributed by atoms with Crippen LogP contribution in [0.4, 0.5) is 10.2 Å². The molecule has 0 amide bonds. The predicted octanol–water partition coefficient (Wildman–Crippen LogP) is 1.01. The quantitative estimate of drug-likeness (QED) is 0.862. The summed E-state index contributed by atoms with van der Waals surface area (Å²) in [5, 5.41) is 3.01. The van der Waals surface area contributed by atoms with Gasteiger partial charge in [-0.3, -0.25) is 14.3 Å². The fraction of sp³-hybridized carbons (Fsp3) is 0.286. The number of anilines is 1. The van der Waals surface area contributed by atoms with Gasteiger partial charge in [-0.1, -0.05) is 12.1 Å². The van der Waals surface area contributed by atoms with E-state index in [1.807, 2.05) is 0 Å². The van der Waals surface area contributed by atoms with Crippen molar-refractivity contribution < 1.29 is 9.13 Å². The van der Waals surface area contributed by atoms with Gasteiger partial charge in [0.1, 0.15) is 11.6 Å². The van der Waals surface area contributed by atoms with Gasteiger partial charge in [-0.15, -0.1) is 0 Å². The van der Waals surface area contributed by atoms with Crippen LogP contribution in [0.2, 0.25) is 0 Å². The van der Waals surface area contributed by atoms with Gasteiger partial charge in [0.05, 0.1) is 12.6 Å². The van der Waals surface area contributed by atoms with Gasteiger partial charge in [0.15, 0.2) is 0 Å². The number of halogens is 1. The molecule has 112 valence electrons. The molecule has 0 aliphatic rings. The molecule has 1 aromatic heterocycles. The molecule has 0 spiro atoms. The zero-order chi connectivity index (χ0) is 15.4. The zero-order valence-corrected chi connectivity index (χ0v) is 11.7. The lowest BCUT2D eigenvalue weighted by atomic mass is 10.1. The summed E-state index contributed by atoms with van der Waals surface area (Å²) in [5.41, 5.74) is -0.156. The number of nitrogens with one attached hydrogen (secondary N) is 2. The molecule has 6 nitrogen and oxygen atoms in total. The first-order valence-corrected chi connectivity index (χ1v) is 6.32. The van der Waals surface area contributed by atoms with Crippen molar-refractivity contribution in [1.29, 1.82) is 0 Å². The van der Waals surface area contributed by atoms with Crippen LogP contribution in [0.3, 0.4) is 0 Å². The molecule has 0 saturated heterocycles. The van der Waals surface area contributed by atoms with Crippen LogP contribution in [-0.4, -0.2) is 23.3 Å². The summed E-state index contributed by atoms with van der Waals surface area (Å²) in [6, 6.07) is 6.88. The normalized spacial score (nSPS) is 12.1. The number of hydrogen-bond acceptors (Lipinski definition) is 4. The minimum atomic E-state index is -0.514. The number of benzene rings is 1. The summed E-state index contributed by atoms with van der Waals surface area (Å²) in [6.07, 6.45) is 0. The number of methoxy groups -OCH3 is 1. The average Bonchev–Trinajstić information content (AvgIpc) is 2.45. The number of hydrogen-bond donors (Lipinski definition) is 2. The molecule has 2 aromatic rings. The molecular weight excluding hydrogens is 277 g/mol. The van der Waals surface area contributed by atoms with Gasteiger partial charge in [-0.2, -0.15) is 0 Å². The molecule has 0 fully saturated rings. The van der Waals surface area contributed by atoms with Gasteiger partial charge >= 0.3 is 5.69 Å². The Morgan fingerprint density at radius 1 is 1.33 bits per heavy atom. The third-order valence-electron chi connectivity index (χ3n) is 3.08. The van der Waals surface area contributed by atoms with E-state index in [1.165, 1.54) is 32.4 Å². The monoisotopic (exact) mass is 293 g/mol. The zero-order valence-electron chi connectivity index (χ0n) is 11.7. The van der Waals surface area contributed by atoms with Gasteiger partial charge < -0.3 is 10.1 Å². The molecule has 1 atom stereocenters. The Bertz CT molecular complexity index is 690. The molecule has 0 saturated carbocycles. The van der Waals surface area contributed by atoms with Crippen LogP contribution >= 0.6 is 0 Å². The first-order chi connectivity index (χ1) is 10.0. The molecule has 1 heterocycles. The predicted molar refractivity (Wildman–Crippen MR) is 76.9 cm³/mol. The van der Waals surface area contributed by atoms with Crippen molar-refractivity contribution in [3.63, 3.8) is 0 Å². The van der Waals surface area contributed by atoms with Crippen LogP contribution in [-0.2, 0) is 11.8 Å². The van der Waals surface area contributed by atoms with Crippen molar-refractivity contribution in [3.8, 4) is 0 Å². The topological polar surface area (TPSA) is 76.1 Å². The molecule has 0 aliphatic heterocycles. The number of ether oxygens (including phenoxy) is 1. The lowest BCUT2D eigenvalue weighted by molar-refractivity contribution is 0.186. The summed E-state index contributed by atoms with van der Waals surface area (Å²) in [7, 11) is 2.92. The Balaban J connectivity index is 2.30. The second-order valence-electron chi connectivity index (χ2n) is 4.59. The maximum absolute atomic E-state index is 13.0. The van der Waals surface area contributed by atoms with Crippen molar-refractivity contribution >= 4 is 5.82 Å². The third kappa shape index (κ3) is 3.57. The first-order valence-electron chi connectivity index (χ1n) is 6.32. The smallest absolute Gasteiger partial charge is 0.329 e. The molecule has 2 N–H and O–H groups in total. The van der Waals surface area contributed by atoms with Gasteiger partial charge in [-0.25, -0.2) is 9.18 Å². The summed E-state index contributed by atoms with van der Waals surface area (Å²) in [6.45, 7) is 0.295. The van der Waals surface area contributed by atoms with Crippen LogP contribution < -0.4 is 16.6 Å². The molecule has 0 radical (unpaired) electrons. The van der Waals surface area contributed by atoms with Crippen LogP contribution in [0, 0.1) is 5.82 Å². The fourth-order valence-electron chi connectivity index (χ4n) is 1.90. The highest BCUT2D eigenvalue weighted by atomic mass is 19.1. The molecular formula is C14H16FN3O3. The lowest BCUT2D eigenvalue weighted by Gasteiger charge is -2.19. The summed E-state index contributed by atoms with van der Waals surface area (Å²) >= 11 is 0. The summed E-state index contributed by atoms with van der Waals surface area (Å²) in [4.78, 5) is 25.7. The Labute approximate surface area is 120 Å². The third-order valence-corrected chi connectivity index (χ3v) is 3.08. The van der Waals surface area contributed by atoms with Crippen molar-refractivity contribution in [3.05, 3.63) is 62.6 Å². The van der Waals surface area contributed by atoms with Gasteiger partial charge in [-0.05, 0) is 17.7 Å². The van der Waals surface area contributed by atoms with Crippen molar-refractivity contribution in [2.45, 2.75) is 6.04 Å². The highest BCUT2D eigenvalue weighted by Gasteiger charge is 2.12. The number of H-pyrrole nitrogens is 1. The molecule has 2 rings (SSSR count). The number of aromatic nitrogens is 2. The Morgan fingerprint density at radius 2 is 2.00 bits per heavy atom. The van der Waals surface area contributed by atoms with E-state index in [2.05, 4.69) is 10.3 Å². The summed E-state index contributed by atoms with van der Waals surface area (Å²) < 4.78 is 19.0. The molecule has 0 aliphatic carbocycles. The highest BCUT2D eigenvalue weighted by molar-refractivity contribution is 5.37. The standard InChI is InChI=1S/C14H16FN3O3/c1-18-13(19)7-12(17-14(18)20)16-11(8-21-2)9-3-5-10(15)6-4-9/h3-7,11,16H,8H2,1-2H3,(H,17,20). The lowest BCUT2D eigenvalue weighted by Crippen LogP contribution is -2.33. The molecule has 1 unspecified atom stereocenters. The van der Waals surface area contributed by atoms with Crippen molar-refractivity contribution in [1.82, 2.24) is 9.55 Å². The SMILES string of the molecule is COCC(Nc1cc(=O)n(C)c(=O)[nH]1)c1ccc(F)cc1. The van der Waals surface area contributed by atoms with E-state index in [0.717, 1.165) is 10.1 Å². The highest BCUT2D eigenvalue weighted by Crippen LogP contribution is 2.18. The van der Waals surface area contributed by atoms with Crippen molar-refractivity contribution in [2.24, 2.45) is 7.05 Å². The summed E-state index contributed by atoms with van der Waals surface area (Å²) in [5.74, 6) is -0.0496. The van der Waals surface area contributed by atoms with Crippen LogP contribution in [0.5, 0.6) is 0 Å². The van der Waals surface area contributed by atoms with E-state index in [1.54, 1.807) is 12.1 Å². The Morgan fingerprint density at radius 3 is 2.57 bits per heavy atom. The molecule has 1 aromatic carbocycles. The molecule has 0 bridgehead atoms. The number of nitrogens with zero attached hydrogens (tertiary/aromatic N) is 1. The van der Waals surface area contributed by atoms with Gasteiger partial charge in [0, 0.05) is 20.2 Å². The number of aromatic amines is 1. The van der Waals surface area contributed by atoms with Crippen molar-refractivity contribution in [2.75, 3.05) is 19.0 Å². The van der Waals surface area contributed by atoms with E-state index in [4.69, 9.17) is 4.74 Å². The maximum Gasteiger partial charge on any atom is 0.329 e. The van der Waals surface area contributed by atoms with E-state index in [0.29, 0.717) is 6.61 Å².